The van der Waals surface area contributed by atoms with Crippen LogP contribution in [-0.4, -0.2) is 23.4 Å². The van der Waals surface area contributed by atoms with E-state index < -0.39 is 0 Å². The number of hydrogen-bond acceptors (Lipinski definition) is 2. The summed E-state index contributed by atoms with van der Waals surface area (Å²) in [6.07, 6.45) is 2.10. The van der Waals surface area contributed by atoms with Gasteiger partial charge in [0.1, 0.15) is 5.82 Å². The van der Waals surface area contributed by atoms with Crippen LogP contribution < -0.4 is 5.32 Å². The van der Waals surface area contributed by atoms with Crippen molar-refractivity contribution in [2.75, 3.05) is 11.9 Å². The molecule has 0 radical (unpaired) electrons. The van der Waals surface area contributed by atoms with Gasteiger partial charge in [0, 0.05) is 18.2 Å². The second-order valence-corrected chi connectivity index (χ2v) is 6.16. The van der Waals surface area contributed by atoms with E-state index in [0.717, 1.165) is 12.8 Å². The number of anilines is 1. The zero-order valence-corrected chi connectivity index (χ0v) is 13.4. The standard InChI is InChI=1S/C18H18ClFN2O/c19-15-6-2-4-8-17(15)21-18(23)12-22(14-9-10-14)11-13-5-1-3-7-16(13)20/h1-8,14H,9-12H2,(H,21,23). The number of halogens is 2. The lowest BCUT2D eigenvalue weighted by molar-refractivity contribution is -0.117. The predicted octanol–water partition coefficient (Wildman–Crippen LogP) is 4.08. The van der Waals surface area contributed by atoms with Gasteiger partial charge in [0.15, 0.2) is 0 Å². The Labute approximate surface area is 140 Å². The van der Waals surface area contributed by atoms with E-state index in [1.165, 1.54) is 6.07 Å². The van der Waals surface area contributed by atoms with Gasteiger partial charge >= 0.3 is 0 Å². The first-order chi connectivity index (χ1) is 11.1. The maximum absolute atomic E-state index is 13.8. The molecule has 5 heteroatoms. The normalized spacial score (nSPS) is 14.0. The smallest absolute Gasteiger partial charge is 0.238 e. The van der Waals surface area contributed by atoms with Gasteiger partial charge in [0.05, 0.1) is 17.3 Å². The summed E-state index contributed by atoms with van der Waals surface area (Å²) in [5.74, 6) is -0.369. The Hall–Kier alpha value is -1.91. The van der Waals surface area contributed by atoms with Crippen LogP contribution >= 0.6 is 11.6 Å². The molecule has 3 nitrogen and oxygen atoms in total. The van der Waals surface area contributed by atoms with E-state index in [4.69, 9.17) is 11.6 Å². The summed E-state index contributed by atoms with van der Waals surface area (Å²) >= 11 is 6.05. The van der Waals surface area contributed by atoms with E-state index >= 15 is 0 Å². The van der Waals surface area contributed by atoms with Crippen molar-refractivity contribution in [3.63, 3.8) is 0 Å². The van der Waals surface area contributed by atoms with Crippen molar-refractivity contribution in [2.24, 2.45) is 0 Å². The van der Waals surface area contributed by atoms with Crippen LogP contribution in [0.15, 0.2) is 48.5 Å². The highest BCUT2D eigenvalue weighted by atomic mass is 35.5. The Kier molecular flexibility index (Phi) is 4.94. The largest absolute Gasteiger partial charge is 0.324 e. The van der Waals surface area contributed by atoms with Gasteiger partial charge in [-0.25, -0.2) is 4.39 Å². The first-order valence-electron chi connectivity index (χ1n) is 7.65. The van der Waals surface area contributed by atoms with Crippen molar-refractivity contribution in [1.82, 2.24) is 4.90 Å². The van der Waals surface area contributed by atoms with Crippen molar-refractivity contribution in [1.29, 1.82) is 0 Å². The van der Waals surface area contributed by atoms with Crippen molar-refractivity contribution >= 4 is 23.2 Å². The van der Waals surface area contributed by atoms with Crippen molar-refractivity contribution in [2.45, 2.75) is 25.4 Å². The van der Waals surface area contributed by atoms with Gasteiger partial charge in [-0.15, -0.1) is 0 Å². The number of carbonyl (C=O) groups excluding carboxylic acids is 1. The molecule has 0 aromatic heterocycles. The van der Waals surface area contributed by atoms with Crippen LogP contribution in [0, 0.1) is 5.82 Å². The van der Waals surface area contributed by atoms with Crippen LogP contribution in [0.5, 0.6) is 0 Å². The molecule has 1 N–H and O–H groups in total. The summed E-state index contributed by atoms with van der Waals surface area (Å²) in [5, 5.41) is 3.32. The van der Waals surface area contributed by atoms with E-state index in [0.29, 0.717) is 28.9 Å². The molecule has 0 aliphatic heterocycles. The lowest BCUT2D eigenvalue weighted by Gasteiger charge is -2.22. The molecule has 120 valence electrons. The minimum Gasteiger partial charge on any atom is -0.324 e. The summed E-state index contributed by atoms with van der Waals surface area (Å²) in [4.78, 5) is 14.3. The lowest BCUT2D eigenvalue weighted by Crippen LogP contribution is -2.34. The number of benzene rings is 2. The molecule has 1 aliphatic carbocycles. The molecule has 0 bridgehead atoms. The average molecular weight is 333 g/mol. The summed E-state index contributed by atoms with van der Waals surface area (Å²) in [7, 11) is 0. The highest BCUT2D eigenvalue weighted by Gasteiger charge is 2.30. The van der Waals surface area contributed by atoms with Crippen molar-refractivity contribution in [3.05, 3.63) is 64.9 Å². The summed E-state index contributed by atoms with van der Waals surface area (Å²) in [6.45, 7) is 0.664. The van der Waals surface area contributed by atoms with E-state index in [-0.39, 0.29) is 18.3 Å². The maximum atomic E-state index is 13.8. The maximum Gasteiger partial charge on any atom is 0.238 e. The van der Waals surface area contributed by atoms with Crippen molar-refractivity contribution in [3.8, 4) is 0 Å². The number of hydrogen-bond donors (Lipinski definition) is 1. The number of para-hydroxylation sites is 1. The molecule has 2 aromatic rings. The molecule has 0 heterocycles. The number of amides is 1. The number of carbonyl (C=O) groups is 1. The van der Waals surface area contributed by atoms with Crippen LogP contribution in [0.3, 0.4) is 0 Å². The molecule has 2 aromatic carbocycles. The molecule has 0 saturated heterocycles. The number of rotatable bonds is 6. The van der Waals surface area contributed by atoms with Gasteiger partial charge in [-0.2, -0.15) is 0 Å². The summed E-state index contributed by atoms with van der Waals surface area (Å²) in [6, 6.07) is 14.2. The minimum absolute atomic E-state index is 0.138. The number of nitrogens with one attached hydrogen (secondary N) is 1. The molecule has 1 aliphatic rings. The van der Waals surface area contributed by atoms with Crippen LogP contribution in [-0.2, 0) is 11.3 Å². The molecular weight excluding hydrogens is 315 g/mol. The molecule has 23 heavy (non-hydrogen) atoms. The van der Waals surface area contributed by atoms with E-state index in [9.17, 15) is 9.18 Å². The topological polar surface area (TPSA) is 32.3 Å². The SMILES string of the molecule is O=C(CN(Cc1ccccc1F)C1CC1)Nc1ccccc1Cl. The summed E-state index contributed by atoms with van der Waals surface area (Å²) < 4.78 is 13.8. The first-order valence-corrected chi connectivity index (χ1v) is 8.03. The van der Waals surface area contributed by atoms with Crippen molar-refractivity contribution < 1.29 is 9.18 Å². The Balaban J connectivity index is 1.65. The molecule has 3 rings (SSSR count). The van der Waals surface area contributed by atoms with Gasteiger partial charge in [-0.05, 0) is 31.0 Å². The molecular formula is C18H18ClFN2O. The molecule has 1 saturated carbocycles. The zero-order valence-electron chi connectivity index (χ0n) is 12.6. The van der Waals surface area contributed by atoms with Gasteiger partial charge in [-0.3, -0.25) is 9.69 Å². The monoisotopic (exact) mass is 332 g/mol. The van der Waals surface area contributed by atoms with Crippen LogP contribution in [0.25, 0.3) is 0 Å². The molecule has 0 spiro atoms. The van der Waals surface area contributed by atoms with Crippen LogP contribution in [0.4, 0.5) is 10.1 Å². The van der Waals surface area contributed by atoms with E-state index in [1.807, 2.05) is 23.1 Å². The van der Waals surface area contributed by atoms with Gasteiger partial charge < -0.3 is 5.32 Å². The highest BCUT2D eigenvalue weighted by molar-refractivity contribution is 6.33. The highest BCUT2D eigenvalue weighted by Crippen LogP contribution is 2.29. The fraction of sp³-hybridized carbons (Fsp3) is 0.278. The first kappa shape index (κ1) is 16.0. The van der Waals surface area contributed by atoms with Gasteiger partial charge in [-0.1, -0.05) is 41.9 Å². The van der Waals surface area contributed by atoms with Gasteiger partial charge in [0.2, 0.25) is 5.91 Å². The Morgan fingerprint density at radius 2 is 1.87 bits per heavy atom. The Morgan fingerprint density at radius 1 is 1.17 bits per heavy atom. The van der Waals surface area contributed by atoms with Gasteiger partial charge in [0.25, 0.3) is 0 Å². The summed E-state index contributed by atoms with van der Waals surface area (Å²) in [5.41, 5.74) is 1.21. The molecule has 1 amide bonds. The lowest BCUT2D eigenvalue weighted by atomic mass is 10.2. The number of nitrogens with zero attached hydrogens (tertiary/aromatic N) is 1. The van der Waals surface area contributed by atoms with E-state index in [1.54, 1.807) is 24.3 Å². The molecule has 0 unspecified atom stereocenters. The average Bonchev–Trinajstić information content (AvgIpc) is 3.36. The zero-order chi connectivity index (χ0) is 16.2. The third kappa shape index (κ3) is 4.30. The predicted molar refractivity (Wildman–Crippen MR) is 89.9 cm³/mol. The molecule has 1 fully saturated rings. The third-order valence-corrected chi connectivity index (χ3v) is 4.22. The molecule has 0 atom stereocenters. The Morgan fingerprint density at radius 3 is 2.57 bits per heavy atom. The van der Waals surface area contributed by atoms with Crippen LogP contribution in [0.2, 0.25) is 5.02 Å². The second kappa shape index (κ2) is 7.11. The van der Waals surface area contributed by atoms with E-state index in [2.05, 4.69) is 5.32 Å². The minimum atomic E-state index is -0.232. The fourth-order valence-corrected chi connectivity index (χ4v) is 2.72. The third-order valence-electron chi connectivity index (χ3n) is 3.89. The van der Waals surface area contributed by atoms with Crippen LogP contribution in [0.1, 0.15) is 18.4 Å². The fourth-order valence-electron chi connectivity index (χ4n) is 2.54. The second-order valence-electron chi connectivity index (χ2n) is 5.76. The quantitative estimate of drug-likeness (QED) is 0.864. The Bertz CT molecular complexity index is 703.